The van der Waals surface area contributed by atoms with Crippen LogP contribution in [0.5, 0.6) is 5.75 Å². The third-order valence-electron chi connectivity index (χ3n) is 2.43. The second-order valence-electron chi connectivity index (χ2n) is 3.59. The molecule has 0 bridgehead atoms. The Bertz CT molecular complexity index is 444. The van der Waals surface area contributed by atoms with Gasteiger partial charge in [-0.25, -0.2) is 0 Å². The van der Waals surface area contributed by atoms with Gasteiger partial charge >= 0.3 is 0 Å². The van der Waals surface area contributed by atoms with Gasteiger partial charge in [-0.3, -0.25) is 0 Å². The first-order valence-corrected chi connectivity index (χ1v) is 5.33. The molecule has 0 saturated carbocycles. The molecule has 0 atom stereocenters. The van der Waals surface area contributed by atoms with E-state index in [2.05, 4.69) is 6.08 Å². The summed E-state index contributed by atoms with van der Waals surface area (Å²) in [5, 5.41) is 9.62. The van der Waals surface area contributed by atoms with E-state index in [1.54, 1.807) is 6.07 Å². The van der Waals surface area contributed by atoms with Crippen molar-refractivity contribution in [2.45, 2.75) is 12.8 Å². The quantitative estimate of drug-likeness (QED) is 0.766. The van der Waals surface area contributed by atoms with Gasteiger partial charge in [0.15, 0.2) is 0 Å². The van der Waals surface area contributed by atoms with Gasteiger partial charge in [0.25, 0.3) is 0 Å². The van der Waals surface area contributed by atoms with E-state index in [0.29, 0.717) is 5.75 Å². The Morgan fingerprint density at radius 1 is 1.20 bits per heavy atom. The molecule has 0 spiro atoms. The Balaban J connectivity index is 2.14. The smallest absolute Gasteiger partial charge is 0.119 e. The summed E-state index contributed by atoms with van der Waals surface area (Å²) in [7, 11) is 0. The van der Waals surface area contributed by atoms with E-state index in [1.165, 1.54) is 5.57 Å². The average molecular weight is 216 g/mol. The van der Waals surface area contributed by atoms with Crippen LogP contribution < -0.4 is 0 Å². The highest BCUT2D eigenvalue weighted by atomic mass is 32.1. The summed E-state index contributed by atoms with van der Waals surface area (Å²) in [6.45, 7) is 0. The fourth-order valence-electron chi connectivity index (χ4n) is 1.58. The molecule has 0 fully saturated rings. The number of rotatable bonds is 2. The third-order valence-corrected chi connectivity index (χ3v) is 2.74. The molecule has 1 aliphatic carbocycles. The van der Waals surface area contributed by atoms with Crippen molar-refractivity contribution in [1.82, 2.24) is 0 Å². The molecule has 0 unspecified atom stereocenters. The van der Waals surface area contributed by atoms with E-state index < -0.39 is 0 Å². The predicted octanol–water partition coefficient (Wildman–Crippen LogP) is 3.19. The van der Waals surface area contributed by atoms with Crippen LogP contribution in [0, 0.1) is 0 Å². The second kappa shape index (κ2) is 4.41. The number of hydrogen-bond acceptors (Lipinski definition) is 2. The van der Waals surface area contributed by atoms with Crippen molar-refractivity contribution in [3.8, 4) is 5.75 Å². The lowest BCUT2D eigenvalue weighted by Crippen LogP contribution is -1.97. The summed E-state index contributed by atoms with van der Waals surface area (Å²) < 4.78 is 0. The molecule has 15 heavy (non-hydrogen) atoms. The molecule has 2 rings (SSSR count). The number of phenols is 1. The maximum absolute atomic E-state index is 9.62. The maximum atomic E-state index is 9.62. The van der Waals surface area contributed by atoms with Crippen LogP contribution in [0.25, 0.3) is 0 Å². The summed E-state index contributed by atoms with van der Waals surface area (Å²) in [4.78, 5) is 0.969. The van der Waals surface area contributed by atoms with Gasteiger partial charge in [-0.05, 0) is 23.3 Å². The molecule has 1 N–H and O–H groups in total. The number of thiocarbonyl (C=S) groups is 1. The van der Waals surface area contributed by atoms with Gasteiger partial charge in [0.1, 0.15) is 5.75 Å². The minimum absolute atomic E-state index is 0.361. The molecule has 1 aromatic rings. The van der Waals surface area contributed by atoms with Crippen molar-refractivity contribution in [2.24, 2.45) is 0 Å². The van der Waals surface area contributed by atoms with Gasteiger partial charge in [0, 0.05) is 17.7 Å². The van der Waals surface area contributed by atoms with Gasteiger partial charge in [-0.1, -0.05) is 42.6 Å². The summed E-state index contributed by atoms with van der Waals surface area (Å²) >= 11 is 5.07. The number of benzene rings is 1. The fraction of sp³-hybridized carbons (Fsp3) is 0.154. The summed E-state index contributed by atoms with van der Waals surface area (Å²) in [5.41, 5.74) is 2.17. The lowest BCUT2D eigenvalue weighted by atomic mass is 9.99. The Morgan fingerprint density at radius 2 is 2.00 bits per heavy atom. The Hall–Kier alpha value is -1.41. The first-order chi connectivity index (χ1) is 7.25. The van der Waals surface area contributed by atoms with Gasteiger partial charge in [-0.2, -0.15) is 0 Å². The van der Waals surface area contributed by atoms with E-state index in [1.807, 2.05) is 30.4 Å². The minimum Gasteiger partial charge on any atom is -0.508 e. The second-order valence-corrected chi connectivity index (χ2v) is 4.11. The molecular formula is C13H12OS. The molecule has 1 aliphatic rings. The highest BCUT2D eigenvalue weighted by Gasteiger charge is 2.04. The Labute approximate surface area is 94.8 Å². The van der Waals surface area contributed by atoms with E-state index in [0.717, 1.165) is 23.3 Å². The van der Waals surface area contributed by atoms with Crippen LogP contribution in [-0.4, -0.2) is 9.97 Å². The molecule has 2 heteroatoms. The normalized spacial score (nSPS) is 15.2. The van der Waals surface area contributed by atoms with E-state index in [9.17, 15) is 5.11 Å². The SMILES string of the molecule is Oc1ccccc1CC1=CCC(=S)C=C1. The van der Waals surface area contributed by atoms with Crippen LogP contribution in [0.3, 0.4) is 0 Å². The summed E-state index contributed by atoms with van der Waals surface area (Å²) in [6.07, 6.45) is 7.72. The molecule has 76 valence electrons. The molecule has 0 saturated heterocycles. The molecule has 0 aliphatic heterocycles. The van der Waals surface area contributed by atoms with Crippen LogP contribution in [0.15, 0.2) is 48.1 Å². The van der Waals surface area contributed by atoms with E-state index in [4.69, 9.17) is 12.2 Å². The van der Waals surface area contributed by atoms with Gasteiger partial charge in [0.2, 0.25) is 0 Å². The standard InChI is InChI=1S/C13H12OS/c14-13-4-2-1-3-11(13)9-10-5-7-12(15)8-6-10/h1-7,14H,8-9H2. The average Bonchev–Trinajstić information content (AvgIpc) is 2.25. The molecule has 0 aromatic heterocycles. The van der Waals surface area contributed by atoms with Crippen LogP contribution >= 0.6 is 12.2 Å². The first-order valence-electron chi connectivity index (χ1n) is 4.92. The minimum atomic E-state index is 0.361. The zero-order valence-corrected chi connectivity index (χ0v) is 9.13. The summed E-state index contributed by atoms with van der Waals surface area (Å²) in [6, 6.07) is 7.43. The molecule has 0 radical (unpaired) electrons. The van der Waals surface area contributed by atoms with Crippen molar-refractivity contribution in [1.29, 1.82) is 0 Å². The maximum Gasteiger partial charge on any atom is 0.119 e. The molecule has 0 amide bonds. The van der Waals surface area contributed by atoms with Crippen molar-refractivity contribution < 1.29 is 5.11 Å². The molecule has 1 nitrogen and oxygen atoms in total. The fourth-order valence-corrected chi connectivity index (χ4v) is 1.73. The van der Waals surface area contributed by atoms with Crippen molar-refractivity contribution in [3.05, 3.63) is 53.6 Å². The van der Waals surface area contributed by atoms with E-state index >= 15 is 0 Å². The number of hydrogen-bond donors (Lipinski definition) is 1. The Morgan fingerprint density at radius 3 is 2.67 bits per heavy atom. The van der Waals surface area contributed by atoms with Crippen LogP contribution in [0.1, 0.15) is 12.0 Å². The number of phenolic OH excluding ortho intramolecular Hbond substituents is 1. The van der Waals surface area contributed by atoms with Crippen LogP contribution in [-0.2, 0) is 6.42 Å². The zero-order valence-electron chi connectivity index (χ0n) is 8.31. The van der Waals surface area contributed by atoms with E-state index in [-0.39, 0.29) is 0 Å². The Kier molecular flexibility index (Phi) is 2.97. The third kappa shape index (κ3) is 2.54. The lowest BCUT2D eigenvalue weighted by molar-refractivity contribution is 0.469. The zero-order chi connectivity index (χ0) is 10.7. The number of para-hydroxylation sites is 1. The first kappa shape index (κ1) is 10.1. The molecule has 0 heterocycles. The highest BCUT2D eigenvalue weighted by Crippen LogP contribution is 2.21. The topological polar surface area (TPSA) is 20.2 Å². The van der Waals surface area contributed by atoms with Gasteiger partial charge < -0.3 is 5.11 Å². The van der Waals surface area contributed by atoms with Crippen molar-refractivity contribution >= 4 is 17.1 Å². The molecule has 1 aromatic carbocycles. The lowest BCUT2D eigenvalue weighted by Gasteiger charge is -2.08. The number of allylic oxidation sites excluding steroid dienone is 4. The van der Waals surface area contributed by atoms with Crippen LogP contribution in [0.2, 0.25) is 0 Å². The number of aromatic hydroxyl groups is 1. The largest absolute Gasteiger partial charge is 0.508 e. The van der Waals surface area contributed by atoms with Gasteiger partial charge in [0.05, 0.1) is 0 Å². The predicted molar refractivity (Wildman–Crippen MR) is 66.2 cm³/mol. The summed E-state index contributed by atoms with van der Waals surface area (Å²) in [5.74, 6) is 0.361. The van der Waals surface area contributed by atoms with Crippen molar-refractivity contribution in [2.75, 3.05) is 0 Å². The van der Waals surface area contributed by atoms with Gasteiger partial charge in [-0.15, -0.1) is 0 Å². The monoisotopic (exact) mass is 216 g/mol. The van der Waals surface area contributed by atoms with Crippen molar-refractivity contribution in [3.63, 3.8) is 0 Å². The highest BCUT2D eigenvalue weighted by molar-refractivity contribution is 7.80. The van der Waals surface area contributed by atoms with Crippen LogP contribution in [0.4, 0.5) is 0 Å². The molecular weight excluding hydrogens is 204 g/mol.